The highest BCUT2D eigenvalue weighted by molar-refractivity contribution is 7.80. The van der Waals surface area contributed by atoms with E-state index < -0.39 is 5.91 Å². The number of aromatic nitrogens is 1. The van der Waals surface area contributed by atoms with Crippen LogP contribution in [-0.4, -0.2) is 71.0 Å². The molecule has 2 aromatic heterocycles. The molecule has 12 rings (SSSR count). The maximum Gasteiger partial charge on any atom is 0.307 e. The number of para-hydroxylation sites is 1. The number of thiocarbonyl (C=S) groups is 1. The van der Waals surface area contributed by atoms with E-state index in [4.69, 9.17) is 16.6 Å². The van der Waals surface area contributed by atoms with Gasteiger partial charge in [0.05, 0.1) is 40.5 Å². The van der Waals surface area contributed by atoms with Crippen molar-refractivity contribution >= 4 is 112 Å². The Labute approximate surface area is 529 Å². The minimum absolute atomic E-state index is 0.145. The summed E-state index contributed by atoms with van der Waals surface area (Å²) < 4.78 is 4.98. The van der Waals surface area contributed by atoms with E-state index in [0.717, 1.165) is 65.3 Å². The SMILES string of the molecule is C/C(=N\NC(=O)Cc1cc2ccccc2[nH]1)c1ccc2ccccc2c1O.C/C(=N\NC(=O)c1ccc(C)cc1)c1ccc2ccccc2c1O.C/C(=N\NC(=O)c1ccco1)c1ccc2ccccc2c1O.CC(=S)N/N=C(\C)c1ccc2ccccc2c1O. The van der Waals surface area contributed by atoms with Crippen LogP contribution >= 0.6 is 12.2 Å². The van der Waals surface area contributed by atoms with Crippen LogP contribution < -0.4 is 21.7 Å². The number of hydrogen-bond acceptors (Lipinski definition) is 13. The van der Waals surface area contributed by atoms with E-state index in [2.05, 4.69) is 47.1 Å². The summed E-state index contributed by atoms with van der Waals surface area (Å²) in [7, 11) is 0. The number of hydrogen-bond donors (Lipinski definition) is 9. The molecule has 0 fully saturated rings. The van der Waals surface area contributed by atoms with Crippen LogP contribution in [0.2, 0.25) is 0 Å². The first-order chi connectivity index (χ1) is 43.9. The van der Waals surface area contributed by atoms with Gasteiger partial charge in [0, 0.05) is 60.6 Å². The summed E-state index contributed by atoms with van der Waals surface area (Å²) >= 11 is 4.89. The molecule has 2 heterocycles. The standard InChI is InChI=1S/C22H19N3O2.C20H18N2O2.C17H14N2O3.C14H14N2OS/c1-14(18-11-10-15-6-2-4-8-19(15)22(18)27)24-25-21(26)13-17-12-16-7-3-5-9-20(16)23-17;1-13-7-9-16(10-8-13)20(24)22-21-14(2)17-12-11-15-5-3-4-6-18(15)19(17)23;1-11(18-19-17(21)15-7-4-10-22-15)13-9-8-12-5-2-3-6-14(12)16(13)20;1-9(15-16-10(2)18)12-8-7-11-5-3-4-6-13(11)14(12)17/h2-12,23,27H,13H2,1H3,(H,25,26);3-12,23H,1-2H3,(H,22,24);2-10,20H,1H3,(H,19,21);3-8,17H,1-2H3,(H,16,18)/b24-14+;21-14+;18-11+;15-9+. The van der Waals surface area contributed by atoms with E-state index in [1.165, 1.54) is 6.26 Å². The Morgan fingerprint density at radius 3 is 1.20 bits per heavy atom. The number of furan rings is 1. The number of benzene rings is 10. The van der Waals surface area contributed by atoms with Gasteiger partial charge in [-0.3, -0.25) is 19.8 Å². The second-order valence-electron chi connectivity index (χ2n) is 21.0. The van der Waals surface area contributed by atoms with Gasteiger partial charge in [0.25, 0.3) is 5.91 Å². The van der Waals surface area contributed by atoms with Crippen LogP contribution in [0.4, 0.5) is 0 Å². The molecule has 0 aliphatic carbocycles. The molecule has 456 valence electrons. The second kappa shape index (κ2) is 29.8. The summed E-state index contributed by atoms with van der Waals surface area (Å²) in [4.78, 5) is 39.9. The number of carbonyl (C=O) groups excluding carboxylic acids is 3. The molecule has 3 amide bonds. The number of nitrogens with zero attached hydrogens (tertiary/aromatic N) is 4. The highest BCUT2D eigenvalue weighted by Gasteiger charge is 2.15. The Bertz CT molecular complexity index is 4750. The van der Waals surface area contributed by atoms with Crippen molar-refractivity contribution < 1.29 is 39.2 Å². The third-order valence-corrected chi connectivity index (χ3v) is 14.6. The Hall–Kier alpha value is -11.8. The summed E-state index contributed by atoms with van der Waals surface area (Å²) in [5, 5.41) is 66.0. The van der Waals surface area contributed by atoms with Gasteiger partial charge in [-0.05, 0) is 129 Å². The van der Waals surface area contributed by atoms with Crippen molar-refractivity contribution in [3.8, 4) is 23.0 Å². The Morgan fingerprint density at radius 2 is 0.802 bits per heavy atom. The molecule has 0 atom stereocenters. The number of phenols is 4. The van der Waals surface area contributed by atoms with Crippen LogP contribution in [0.5, 0.6) is 23.0 Å². The topological polar surface area (TPSA) is 259 Å². The number of rotatable bonds is 12. The second-order valence-corrected chi connectivity index (χ2v) is 21.6. The van der Waals surface area contributed by atoms with E-state index in [0.29, 0.717) is 55.7 Å². The molecule has 0 aliphatic heterocycles. The minimum Gasteiger partial charge on any atom is -0.507 e. The molecule has 17 nitrogen and oxygen atoms in total. The number of amides is 3. The quantitative estimate of drug-likeness (QED) is 0.0317. The molecule has 18 heteroatoms. The third-order valence-electron chi connectivity index (χ3n) is 14.5. The van der Waals surface area contributed by atoms with Crippen LogP contribution in [0.1, 0.15) is 89.0 Å². The first kappa shape index (κ1) is 63.7. The zero-order valence-electron chi connectivity index (χ0n) is 50.6. The first-order valence-electron chi connectivity index (χ1n) is 28.8. The van der Waals surface area contributed by atoms with Crippen LogP contribution in [0.3, 0.4) is 0 Å². The highest BCUT2D eigenvalue weighted by Crippen LogP contribution is 2.32. The third kappa shape index (κ3) is 16.1. The lowest BCUT2D eigenvalue weighted by molar-refractivity contribution is -0.120. The van der Waals surface area contributed by atoms with Gasteiger partial charge in [-0.2, -0.15) is 20.4 Å². The summed E-state index contributed by atoms with van der Waals surface area (Å²) in [6.45, 7) is 10.8. The van der Waals surface area contributed by atoms with E-state index in [9.17, 15) is 34.8 Å². The van der Waals surface area contributed by atoms with Crippen molar-refractivity contribution in [1.82, 2.24) is 26.7 Å². The van der Waals surface area contributed by atoms with Gasteiger partial charge < -0.3 is 29.8 Å². The van der Waals surface area contributed by atoms with Gasteiger partial charge >= 0.3 is 5.91 Å². The minimum atomic E-state index is -0.440. The van der Waals surface area contributed by atoms with Gasteiger partial charge in [-0.25, -0.2) is 16.3 Å². The predicted octanol–water partition coefficient (Wildman–Crippen LogP) is 14.6. The fraction of sp³-hybridized carbons (Fsp3) is 0.0959. The number of aromatic amines is 1. The summed E-state index contributed by atoms with van der Waals surface area (Å²) in [6, 6.07) is 65.6. The van der Waals surface area contributed by atoms with Gasteiger partial charge in [-0.15, -0.1) is 0 Å². The molecule has 0 saturated heterocycles. The number of H-pyrrole nitrogens is 1. The fourth-order valence-corrected chi connectivity index (χ4v) is 9.73. The average Bonchev–Trinajstić information content (AvgIpc) is 1.75. The smallest absolute Gasteiger partial charge is 0.307 e. The van der Waals surface area contributed by atoms with Crippen molar-refractivity contribution in [1.29, 1.82) is 0 Å². The van der Waals surface area contributed by atoms with Crippen LogP contribution in [0, 0.1) is 6.92 Å². The lowest BCUT2D eigenvalue weighted by Crippen LogP contribution is -2.21. The molecule has 10 aromatic carbocycles. The van der Waals surface area contributed by atoms with Crippen molar-refractivity contribution in [2.24, 2.45) is 20.4 Å². The maximum atomic E-state index is 12.2. The molecule has 0 unspecified atom stereocenters. The van der Waals surface area contributed by atoms with E-state index in [-0.39, 0.29) is 47.0 Å². The van der Waals surface area contributed by atoms with Crippen molar-refractivity contribution in [2.75, 3.05) is 0 Å². The van der Waals surface area contributed by atoms with E-state index in [1.807, 2.05) is 184 Å². The number of aromatic hydroxyl groups is 4. The Balaban J connectivity index is 0.000000145. The molecule has 9 N–H and O–H groups in total. The summed E-state index contributed by atoms with van der Waals surface area (Å²) in [6.07, 6.45) is 1.62. The van der Waals surface area contributed by atoms with Crippen molar-refractivity contribution in [2.45, 2.75) is 48.0 Å². The number of fused-ring (bicyclic) bond motifs is 5. The zero-order chi connectivity index (χ0) is 64.6. The summed E-state index contributed by atoms with van der Waals surface area (Å²) in [5.41, 5.74) is 18.4. The lowest BCUT2D eigenvalue weighted by atomic mass is 10.0. The lowest BCUT2D eigenvalue weighted by Gasteiger charge is -2.08. The molecule has 91 heavy (non-hydrogen) atoms. The largest absolute Gasteiger partial charge is 0.507 e. The number of carbonyl (C=O) groups is 3. The zero-order valence-corrected chi connectivity index (χ0v) is 51.4. The van der Waals surface area contributed by atoms with Crippen LogP contribution in [0.15, 0.2) is 243 Å². The van der Waals surface area contributed by atoms with Gasteiger partial charge in [-0.1, -0.05) is 169 Å². The molecule has 12 aromatic rings. The first-order valence-corrected chi connectivity index (χ1v) is 29.2. The number of phenolic OH excluding ortho intramolecular Hbond substituents is 4. The van der Waals surface area contributed by atoms with Crippen LogP contribution in [0.25, 0.3) is 54.0 Å². The van der Waals surface area contributed by atoms with Crippen molar-refractivity contribution in [3.63, 3.8) is 0 Å². The molecular formula is C73H65N9O8S. The predicted molar refractivity (Wildman–Crippen MR) is 368 cm³/mol. The molecule has 0 saturated carbocycles. The number of nitrogens with one attached hydrogen (secondary N) is 5. The van der Waals surface area contributed by atoms with Gasteiger partial charge in [0.15, 0.2) is 5.76 Å². The normalized spacial score (nSPS) is 11.6. The average molecular weight is 1230 g/mol. The molecule has 0 aliphatic rings. The van der Waals surface area contributed by atoms with Gasteiger partial charge in [0.1, 0.15) is 23.0 Å². The Morgan fingerprint density at radius 1 is 0.429 bits per heavy atom. The highest BCUT2D eigenvalue weighted by atomic mass is 32.1. The van der Waals surface area contributed by atoms with E-state index in [1.54, 1.807) is 70.2 Å². The molecule has 0 bridgehead atoms. The van der Waals surface area contributed by atoms with Crippen LogP contribution in [-0.2, 0) is 11.2 Å². The van der Waals surface area contributed by atoms with E-state index >= 15 is 0 Å². The van der Waals surface area contributed by atoms with Gasteiger partial charge in [0.2, 0.25) is 5.91 Å². The number of aryl methyl sites for hydroxylation is 1. The molecule has 0 spiro atoms. The number of hydrazone groups is 4. The maximum absolute atomic E-state index is 12.2. The Kier molecular flexibility index (Phi) is 20.8. The molecular weight excluding hydrogens is 1160 g/mol. The molecule has 0 radical (unpaired) electrons. The monoisotopic (exact) mass is 1230 g/mol. The fourth-order valence-electron chi connectivity index (χ4n) is 9.68. The summed E-state index contributed by atoms with van der Waals surface area (Å²) in [5.74, 6) is -0.0392. The van der Waals surface area contributed by atoms with Crippen molar-refractivity contribution in [3.05, 3.63) is 263 Å².